The van der Waals surface area contributed by atoms with Gasteiger partial charge in [0.05, 0.1) is 12.7 Å². The first-order valence-electron chi connectivity index (χ1n) is 8.13. The van der Waals surface area contributed by atoms with Crippen LogP contribution in [0.4, 0.5) is 0 Å². The highest BCUT2D eigenvalue weighted by Crippen LogP contribution is 2.18. The molecule has 21 heavy (non-hydrogen) atoms. The second-order valence-corrected chi connectivity index (χ2v) is 6.05. The smallest absolute Gasteiger partial charge is 0.0596 e. The van der Waals surface area contributed by atoms with E-state index < -0.39 is 0 Å². The Labute approximate surface area is 130 Å². The van der Waals surface area contributed by atoms with Crippen molar-refractivity contribution >= 4 is 0 Å². The summed E-state index contributed by atoms with van der Waals surface area (Å²) in [5.41, 5.74) is 2.76. The van der Waals surface area contributed by atoms with Crippen molar-refractivity contribution < 1.29 is 4.74 Å². The summed E-state index contributed by atoms with van der Waals surface area (Å²) in [6, 6.07) is 9.05. The Bertz CT molecular complexity index is 393. The maximum atomic E-state index is 5.64. The molecule has 1 rings (SSSR count). The fraction of sp³-hybridized carbons (Fsp3) is 0.667. The fourth-order valence-electron chi connectivity index (χ4n) is 2.42. The predicted molar refractivity (Wildman–Crippen MR) is 90.8 cm³/mol. The fourth-order valence-corrected chi connectivity index (χ4v) is 2.42. The summed E-state index contributed by atoms with van der Waals surface area (Å²) in [4.78, 5) is 2.35. The van der Waals surface area contributed by atoms with Crippen LogP contribution in [0.1, 0.15) is 44.4 Å². The van der Waals surface area contributed by atoms with E-state index in [1.165, 1.54) is 11.1 Å². The van der Waals surface area contributed by atoms with Crippen LogP contribution < -0.4 is 5.32 Å². The predicted octanol–water partition coefficient (Wildman–Crippen LogP) is 3.39. The van der Waals surface area contributed by atoms with E-state index in [4.69, 9.17) is 4.74 Å². The lowest BCUT2D eigenvalue weighted by atomic mass is 10.0. The van der Waals surface area contributed by atoms with Crippen LogP contribution in [-0.2, 0) is 4.74 Å². The molecular weight excluding hydrogens is 260 g/mol. The number of benzene rings is 1. The zero-order chi connectivity index (χ0) is 15.7. The number of hydrogen-bond acceptors (Lipinski definition) is 3. The summed E-state index contributed by atoms with van der Waals surface area (Å²) >= 11 is 0. The van der Waals surface area contributed by atoms with Gasteiger partial charge in [-0.2, -0.15) is 0 Å². The molecule has 3 nitrogen and oxygen atoms in total. The van der Waals surface area contributed by atoms with Crippen LogP contribution >= 0.6 is 0 Å². The zero-order valence-corrected chi connectivity index (χ0v) is 14.4. The van der Waals surface area contributed by atoms with Gasteiger partial charge >= 0.3 is 0 Å². The second-order valence-electron chi connectivity index (χ2n) is 6.05. The van der Waals surface area contributed by atoms with E-state index >= 15 is 0 Å². The third kappa shape index (κ3) is 7.07. The van der Waals surface area contributed by atoms with E-state index in [0.29, 0.717) is 12.1 Å². The van der Waals surface area contributed by atoms with E-state index in [9.17, 15) is 0 Å². The molecule has 120 valence electrons. The number of nitrogens with one attached hydrogen (secondary N) is 1. The normalized spacial score (nSPS) is 13.1. The first-order chi connectivity index (χ1) is 10.0. The van der Waals surface area contributed by atoms with Crippen LogP contribution in [0, 0.1) is 6.92 Å². The van der Waals surface area contributed by atoms with Crippen molar-refractivity contribution in [1.29, 1.82) is 0 Å². The van der Waals surface area contributed by atoms with Crippen LogP contribution in [-0.4, -0.2) is 44.3 Å². The van der Waals surface area contributed by atoms with Gasteiger partial charge in [-0.15, -0.1) is 0 Å². The molecule has 3 heteroatoms. The molecule has 0 aliphatic carbocycles. The monoisotopic (exact) mass is 292 g/mol. The minimum Gasteiger partial charge on any atom is -0.377 e. The van der Waals surface area contributed by atoms with E-state index in [2.05, 4.69) is 69.2 Å². The molecule has 1 atom stereocenters. The summed E-state index contributed by atoms with van der Waals surface area (Å²) in [5, 5.41) is 3.67. The third-order valence-corrected chi connectivity index (χ3v) is 3.62. The van der Waals surface area contributed by atoms with Crippen molar-refractivity contribution in [1.82, 2.24) is 10.2 Å². The average Bonchev–Trinajstić information content (AvgIpc) is 2.43. The maximum absolute atomic E-state index is 5.64. The number of ether oxygens (including phenoxy) is 1. The average molecular weight is 292 g/mol. The lowest BCUT2D eigenvalue weighted by Gasteiger charge is -2.26. The molecule has 0 saturated heterocycles. The molecule has 0 fully saturated rings. The molecule has 0 aliphatic heterocycles. The van der Waals surface area contributed by atoms with Gasteiger partial charge in [0, 0.05) is 19.1 Å². The van der Waals surface area contributed by atoms with Gasteiger partial charge in [-0.3, -0.25) is 0 Å². The SMILES string of the molecule is CCCNC(CN(C)CCOC(C)C)c1ccccc1C. The van der Waals surface area contributed by atoms with Crippen molar-refractivity contribution in [3.63, 3.8) is 0 Å². The Hall–Kier alpha value is -0.900. The molecule has 1 aromatic carbocycles. The van der Waals surface area contributed by atoms with Crippen molar-refractivity contribution in [2.45, 2.75) is 46.3 Å². The highest BCUT2D eigenvalue weighted by molar-refractivity contribution is 5.29. The van der Waals surface area contributed by atoms with Gasteiger partial charge < -0.3 is 15.0 Å². The number of hydrogen-bond donors (Lipinski definition) is 1. The van der Waals surface area contributed by atoms with E-state index in [1.54, 1.807) is 0 Å². The Morgan fingerprint density at radius 1 is 1.24 bits per heavy atom. The van der Waals surface area contributed by atoms with Crippen LogP contribution in [0.25, 0.3) is 0 Å². The first-order valence-corrected chi connectivity index (χ1v) is 8.13. The number of aryl methyl sites for hydroxylation is 1. The van der Waals surface area contributed by atoms with Crippen molar-refractivity contribution in [2.24, 2.45) is 0 Å². The highest BCUT2D eigenvalue weighted by atomic mass is 16.5. The molecule has 0 saturated carbocycles. The Balaban J connectivity index is 2.59. The lowest BCUT2D eigenvalue weighted by Crippen LogP contribution is -2.35. The van der Waals surface area contributed by atoms with Crippen LogP contribution in [0.5, 0.6) is 0 Å². The van der Waals surface area contributed by atoms with Crippen LogP contribution in [0.2, 0.25) is 0 Å². The zero-order valence-electron chi connectivity index (χ0n) is 14.4. The van der Waals surface area contributed by atoms with Crippen molar-refractivity contribution in [2.75, 3.05) is 33.3 Å². The quantitative estimate of drug-likeness (QED) is 0.715. The Morgan fingerprint density at radius 3 is 2.57 bits per heavy atom. The molecule has 1 unspecified atom stereocenters. The molecule has 1 aromatic rings. The maximum Gasteiger partial charge on any atom is 0.0596 e. The molecular formula is C18H32N2O. The molecule has 1 N–H and O–H groups in total. The molecule has 0 aliphatic rings. The van der Waals surface area contributed by atoms with Crippen LogP contribution in [0.15, 0.2) is 24.3 Å². The van der Waals surface area contributed by atoms with Crippen molar-refractivity contribution in [3.8, 4) is 0 Å². The number of rotatable bonds is 10. The molecule has 0 spiro atoms. The van der Waals surface area contributed by atoms with Gasteiger partial charge in [0.1, 0.15) is 0 Å². The van der Waals surface area contributed by atoms with Crippen molar-refractivity contribution in [3.05, 3.63) is 35.4 Å². The lowest BCUT2D eigenvalue weighted by molar-refractivity contribution is 0.0622. The Kier molecular flexibility index (Phi) is 8.58. The van der Waals surface area contributed by atoms with Gasteiger partial charge in [0.2, 0.25) is 0 Å². The molecule has 0 radical (unpaired) electrons. The molecule has 0 heterocycles. The van der Waals surface area contributed by atoms with E-state index in [-0.39, 0.29) is 0 Å². The minimum absolute atomic E-state index is 0.309. The topological polar surface area (TPSA) is 24.5 Å². The van der Waals surface area contributed by atoms with E-state index in [1.807, 2.05) is 0 Å². The van der Waals surface area contributed by atoms with E-state index in [0.717, 1.165) is 32.7 Å². The molecule has 0 amide bonds. The number of nitrogens with zero attached hydrogens (tertiary/aromatic N) is 1. The van der Waals surface area contributed by atoms with Gasteiger partial charge in [-0.25, -0.2) is 0 Å². The first kappa shape index (κ1) is 18.1. The second kappa shape index (κ2) is 9.93. The van der Waals surface area contributed by atoms with Gasteiger partial charge in [0.25, 0.3) is 0 Å². The summed E-state index contributed by atoms with van der Waals surface area (Å²) in [6.45, 7) is 12.4. The molecule has 0 aromatic heterocycles. The summed E-state index contributed by atoms with van der Waals surface area (Å²) in [5.74, 6) is 0. The third-order valence-electron chi connectivity index (χ3n) is 3.62. The Morgan fingerprint density at radius 2 is 1.95 bits per heavy atom. The highest BCUT2D eigenvalue weighted by Gasteiger charge is 2.15. The van der Waals surface area contributed by atoms with Gasteiger partial charge in [0.15, 0.2) is 0 Å². The minimum atomic E-state index is 0.309. The standard InChI is InChI=1S/C18H32N2O/c1-6-11-19-18(17-10-8-7-9-16(17)4)14-20(5)12-13-21-15(2)3/h7-10,15,18-19H,6,11-14H2,1-5H3. The summed E-state index contributed by atoms with van der Waals surface area (Å²) in [7, 11) is 2.17. The summed E-state index contributed by atoms with van der Waals surface area (Å²) in [6.07, 6.45) is 1.46. The summed E-state index contributed by atoms with van der Waals surface area (Å²) < 4.78 is 5.64. The van der Waals surface area contributed by atoms with Crippen LogP contribution in [0.3, 0.4) is 0 Å². The molecule has 0 bridgehead atoms. The largest absolute Gasteiger partial charge is 0.377 e. The van der Waals surface area contributed by atoms with Gasteiger partial charge in [-0.05, 0) is 51.9 Å². The number of likely N-dealkylation sites (N-methyl/N-ethyl adjacent to an activating group) is 1. The van der Waals surface area contributed by atoms with Gasteiger partial charge in [-0.1, -0.05) is 31.2 Å².